The fraction of sp³-hybridized carbons (Fsp3) is 0.154. The Morgan fingerprint density at radius 2 is 1.86 bits per heavy atom. The quantitative estimate of drug-likeness (QED) is 0.232. The van der Waals surface area contributed by atoms with Crippen molar-refractivity contribution < 1.29 is 13.9 Å². The van der Waals surface area contributed by atoms with Gasteiger partial charge in [-0.2, -0.15) is 0 Å². The predicted octanol–water partition coefficient (Wildman–Crippen LogP) is 7.08. The van der Waals surface area contributed by atoms with E-state index in [1.54, 1.807) is 37.5 Å². The first-order valence-electron chi connectivity index (χ1n) is 10.9. The van der Waals surface area contributed by atoms with Gasteiger partial charge in [0.05, 0.1) is 34.9 Å². The number of nitrogens with one attached hydrogen (secondary N) is 1. The summed E-state index contributed by atoms with van der Waals surface area (Å²) >= 11 is 12.2. The molecule has 8 nitrogen and oxygen atoms in total. The van der Waals surface area contributed by atoms with Crippen molar-refractivity contribution in [3.8, 4) is 11.5 Å². The predicted molar refractivity (Wildman–Crippen MR) is 141 cm³/mol. The lowest BCUT2D eigenvalue weighted by molar-refractivity contribution is 0.177. The number of benzene rings is 2. The third-order valence-electron chi connectivity index (χ3n) is 5.00. The number of hydrogen-bond acceptors (Lipinski definition) is 8. The fourth-order valence-corrected chi connectivity index (χ4v) is 3.47. The number of rotatable bonds is 9. The molecule has 0 unspecified atom stereocenters. The van der Waals surface area contributed by atoms with E-state index in [0.717, 1.165) is 16.8 Å². The van der Waals surface area contributed by atoms with Crippen LogP contribution in [0.25, 0.3) is 23.6 Å². The van der Waals surface area contributed by atoms with E-state index in [2.05, 4.69) is 25.5 Å². The Morgan fingerprint density at radius 3 is 2.61 bits per heavy atom. The Hall–Kier alpha value is -3.88. The molecule has 1 N–H and O–H groups in total. The topological polar surface area (TPSA) is 95.2 Å². The summed E-state index contributed by atoms with van der Waals surface area (Å²) in [5.74, 6) is 1.95. The first kappa shape index (κ1) is 25.2. The van der Waals surface area contributed by atoms with Crippen LogP contribution in [0.3, 0.4) is 0 Å². The molecule has 0 amide bonds. The molecule has 0 bridgehead atoms. The average molecular weight is 524 g/mol. The molecule has 10 heteroatoms. The van der Waals surface area contributed by atoms with E-state index in [9.17, 15) is 0 Å². The minimum atomic E-state index is 0.115. The first-order chi connectivity index (χ1) is 17.4. The second kappa shape index (κ2) is 11.7. The van der Waals surface area contributed by atoms with Gasteiger partial charge in [0.25, 0.3) is 5.89 Å². The molecule has 0 spiro atoms. The van der Waals surface area contributed by atoms with Crippen molar-refractivity contribution in [2.75, 3.05) is 12.4 Å². The maximum absolute atomic E-state index is 6.15. The zero-order valence-corrected chi connectivity index (χ0v) is 21.3. The van der Waals surface area contributed by atoms with Gasteiger partial charge in [0, 0.05) is 22.9 Å². The number of aromatic nitrogens is 4. The van der Waals surface area contributed by atoms with E-state index in [1.807, 2.05) is 38.1 Å². The van der Waals surface area contributed by atoms with Crippen molar-refractivity contribution >= 4 is 46.9 Å². The lowest BCUT2D eigenvalue weighted by Gasteiger charge is -2.12. The SMILES string of the molecule is CO/C=C/c1c(/C=C(\C)OCc2nnc(-c3ccc(C)cc3)o2)ncnc1Nc1ccc(Cl)c(Cl)c1. The van der Waals surface area contributed by atoms with Crippen LogP contribution in [0.2, 0.25) is 10.0 Å². The van der Waals surface area contributed by atoms with Gasteiger partial charge >= 0.3 is 0 Å². The van der Waals surface area contributed by atoms with Gasteiger partial charge in [-0.25, -0.2) is 9.97 Å². The Kier molecular flexibility index (Phi) is 8.20. The van der Waals surface area contributed by atoms with Crippen LogP contribution in [-0.4, -0.2) is 27.3 Å². The van der Waals surface area contributed by atoms with E-state index in [1.165, 1.54) is 12.6 Å². The summed E-state index contributed by atoms with van der Waals surface area (Å²) in [4.78, 5) is 8.77. The Labute approximate surface area is 218 Å². The van der Waals surface area contributed by atoms with E-state index in [4.69, 9.17) is 37.1 Å². The van der Waals surface area contributed by atoms with Crippen molar-refractivity contribution in [1.29, 1.82) is 0 Å². The molecule has 2 aromatic carbocycles. The molecule has 2 aromatic heterocycles. The van der Waals surface area contributed by atoms with Gasteiger partial charge in [-0.3, -0.25) is 0 Å². The maximum atomic E-state index is 6.15. The van der Waals surface area contributed by atoms with E-state index in [0.29, 0.717) is 44.7 Å². The third-order valence-corrected chi connectivity index (χ3v) is 5.74. The molecule has 0 fully saturated rings. The van der Waals surface area contributed by atoms with Crippen LogP contribution >= 0.6 is 23.2 Å². The number of nitrogens with zero attached hydrogens (tertiary/aromatic N) is 4. The minimum absolute atomic E-state index is 0.115. The van der Waals surface area contributed by atoms with Gasteiger partial charge in [0.1, 0.15) is 12.1 Å². The summed E-state index contributed by atoms with van der Waals surface area (Å²) in [5, 5.41) is 12.3. The molecule has 0 aliphatic rings. The number of anilines is 2. The lowest BCUT2D eigenvalue weighted by Crippen LogP contribution is -2.01. The Bertz CT molecular complexity index is 1400. The molecule has 0 saturated carbocycles. The Morgan fingerprint density at radius 1 is 1.06 bits per heavy atom. The largest absolute Gasteiger partial charge is 0.504 e. The summed E-state index contributed by atoms with van der Waals surface area (Å²) < 4.78 is 16.7. The molecule has 184 valence electrons. The van der Waals surface area contributed by atoms with Crippen LogP contribution in [0.5, 0.6) is 0 Å². The highest BCUT2D eigenvalue weighted by Gasteiger charge is 2.12. The monoisotopic (exact) mass is 523 g/mol. The van der Waals surface area contributed by atoms with Gasteiger partial charge in [-0.1, -0.05) is 40.9 Å². The number of ether oxygens (including phenoxy) is 2. The highest BCUT2D eigenvalue weighted by molar-refractivity contribution is 6.42. The molecular weight excluding hydrogens is 501 g/mol. The van der Waals surface area contributed by atoms with E-state index < -0.39 is 0 Å². The number of hydrogen-bond donors (Lipinski definition) is 1. The fourth-order valence-electron chi connectivity index (χ4n) is 3.17. The first-order valence-corrected chi connectivity index (χ1v) is 11.7. The van der Waals surface area contributed by atoms with Gasteiger partial charge < -0.3 is 19.2 Å². The van der Waals surface area contributed by atoms with E-state index in [-0.39, 0.29) is 6.61 Å². The number of halogens is 2. The zero-order valence-electron chi connectivity index (χ0n) is 19.8. The summed E-state index contributed by atoms with van der Waals surface area (Å²) in [7, 11) is 1.56. The van der Waals surface area contributed by atoms with Crippen LogP contribution in [0.15, 0.2) is 65.2 Å². The van der Waals surface area contributed by atoms with Crippen LogP contribution < -0.4 is 5.32 Å². The molecule has 0 aliphatic carbocycles. The highest BCUT2D eigenvalue weighted by atomic mass is 35.5. The number of aryl methyl sites for hydroxylation is 1. The summed E-state index contributed by atoms with van der Waals surface area (Å²) in [6.07, 6.45) is 6.53. The second-order valence-electron chi connectivity index (χ2n) is 7.72. The van der Waals surface area contributed by atoms with Crippen molar-refractivity contribution in [3.05, 3.63) is 93.6 Å². The molecule has 4 aromatic rings. The van der Waals surface area contributed by atoms with Gasteiger partial charge in [0.2, 0.25) is 5.89 Å². The van der Waals surface area contributed by atoms with Crippen LogP contribution in [0.4, 0.5) is 11.5 Å². The second-order valence-corrected chi connectivity index (χ2v) is 8.54. The molecular formula is C26H23Cl2N5O3. The van der Waals surface area contributed by atoms with Crippen molar-refractivity contribution in [2.45, 2.75) is 20.5 Å². The van der Waals surface area contributed by atoms with Crippen molar-refractivity contribution in [2.24, 2.45) is 0 Å². The molecule has 0 saturated heterocycles. The average Bonchev–Trinajstić information content (AvgIpc) is 3.34. The molecule has 36 heavy (non-hydrogen) atoms. The third kappa shape index (κ3) is 6.41. The van der Waals surface area contributed by atoms with Crippen LogP contribution in [0.1, 0.15) is 29.6 Å². The standard InChI is InChI=1S/C26H23Cl2N5O3/c1-16-4-6-18(7-5-16)26-33-32-24(36-26)14-35-17(2)12-23-20(10-11-34-3)25(30-15-29-23)31-19-8-9-21(27)22(28)13-19/h4-13,15H,14H2,1-3H3,(H,29,30,31)/b11-10+,17-12+. The summed E-state index contributed by atoms with van der Waals surface area (Å²) in [5.41, 5.74) is 4.03. The number of allylic oxidation sites excluding steroid dienone is 1. The molecule has 2 heterocycles. The Balaban J connectivity index is 1.51. The number of methoxy groups -OCH3 is 1. The highest BCUT2D eigenvalue weighted by Crippen LogP contribution is 2.29. The van der Waals surface area contributed by atoms with Crippen LogP contribution in [-0.2, 0) is 16.1 Å². The summed E-state index contributed by atoms with van der Waals surface area (Å²) in [6, 6.07) is 13.1. The normalized spacial score (nSPS) is 11.6. The molecule has 0 radical (unpaired) electrons. The van der Waals surface area contributed by atoms with Gasteiger partial charge in [-0.05, 0) is 50.3 Å². The van der Waals surface area contributed by atoms with Gasteiger partial charge in [-0.15, -0.1) is 10.2 Å². The molecule has 0 atom stereocenters. The minimum Gasteiger partial charge on any atom is -0.504 e. The van der Waals surface area contributed by atoms with Crippen molar-refractivity contribution in [3.63, 3.8) is 0 Å². The smallest absolute Gasteiger partial charge is 0.254 e. The summed E-state index contributed by atoms with van der Waals surface area (Å²) in [6.45, 7) is 3.95. The maximum Gasteiger partial charge on any atom is 0.254 e. The van der Waals surface area contributed by atoms with Crippen LogP contribution in [0, 0.1) is 6.92 Å². The molecule has 0 aliphatic heterocycles. The lowest BCUT2D eigenvalue weighted by atomic mass is 10.1. The van der Waals surface area contributed by atoms with Crippen molar-refractivity contribution in [1.82, 2.24) is 20.2 Å². The zero-order chi connectivity index (χ0) is 25.5. The van der Waals surface area contributed by atoms with Gasteiger partial charge in [0.15, 0.2) is 6.61 Å². The molecule has 4 rings (SSSR count). The van der Waals surface area contributed by atoms with E-state index >= 15 is 0 Å².